The van der Waals surface area contributed by atoms with E-state index in [-0.39, 0.29) is 22.8 Å². The lowest BCUT2D eigenvalue weighted by Crippen LogP contribution is -2.12. The van der Waals surface area contributed by atoms with E-state index in [1.54, 1.807) is 14.0 Å². The highest BCUT2D eigenvalue weighted by Gasteiger charge is 2.18. The fraction of sp³-hybridized carbons (Fsp3) is 0.368. The Labute approximate surface area is 163 Å². The van der Waals surface area contributed by atoms with Crippen LogP contribution in [0.15, 0.2) is 40.7 Å². The summed E-state index contributed by atoms with van der Waals surface area (Å²) in [7, 11) is 1.62. The van der Waals surface area contributed by atoms with Gasteiger partial charge in [0.25, 0.3) is 0 Å². The summed E-state index contributed by atoms with van der Waals surface area (Å²) in [6, 6.07) is 9.45. The molecule has 0 aliphatic rings. The van der Waals surface area contributed by atoms with Crippen LogP contribution in [0, 0.1) is 17.2 Å². The van der Waals surface area contributed by atoms with E-state index in [0.717, 1.165) is 17.1 Å². The summed E-state index contributed by atoms with van der Waals surface area (Å²) in [5, 5.41) is 18.3. The van der Waals surface area contributed by atoms with Crippen molar-refractivity contribution in [2.75, 3.05) is 12.9 Å². The third-order valence-electron chi connectivity index (χ3n) is 3.73. The Morgan fingerprint density at radius 2 is 2.00 bits per heavy atom. The molecule has 2 aromatic rings. The predicted octanol–water partition coefficient (Wildman–Crippen LogP) is 3.03. The van der Waals surface area contributed by atoms with Crippen LogP contribution < -0.4 is 10.5 Å². The monoisotopic (exact) mass is 385 g/mol. The number of ether oxygens (including phenoxy) is 1. The number of hydrogen-bond donors (Lipinski definition) is 1. The molecule has 8 heteroatoms. The van der Waals surface area contributed by atoms with Crippen LogP contribution in [0.1, 0.15) is 20.8 Å². The Morgan fingerprint density at radius 3 is 2.52 bits per heavy atom. The topological polar surface area (TPSA) is 107 Å². The van der Waals surface area contributed by atoms with Gasteiger partial charge in [-0.25, -0.2) is 0 Å². The number of hydrogen-bond acceptors (Lipinski definition) is 7. The van der Waals surface area contributed by atoms with Crippen LogP contribution in [-0.4, -0.2) is 33.4 Å². The lowest BCUT2D eigenvalue weighted by molar-refractivity contribution is -0.112. The lowest BCUT2D eigenvalue weighted by Gasteiger charge is -2.12. The zero-order valence-corrected chi connectivity index (χ0v) is 16.7. The van der Waals surface area contributed by atoms with E-state index in [1.807, 2.05) is 34.9 Å². The van der Waals surface area contributed by atoms with Crippen molar-refractivity contribution < 1.29 is 9.53 Å². The molecule has 2 N–H and O–H groups in total. The number of ketones is 1. The maximum absolute atomic E-state index is 12.2. The van der Waals surface area contributed by atoms with Crippen LogP contribution >= 0.6 is 11.8 Å². The molecule has 0 saturated carbocycles. The van der Waals surface area contributed by atoms with Gasteiger partial charge in [0.2, 0.25) is 0 Å². The fourth-order valence-electron chi connectivity index (χ4n) is 2.45. The first-order chi connectivity index (χ1) is 12.9. The molecule has 0 amide bonds. The molecule has 2 rings (SSSR count). The number of carbonyl (C=O) groups is 1. The SMILES string of the molecule is COc1ccc(-c2nnc(SCC(=O)/C(C#N)=C(\C)N)n2CC(C)C)cc1. The molecule has 0 unspecified atom stereocenters. The summed E-state index contributed by atoms with van der Waals surface area (Å²) in [5.41, 5.74) is 6.74. The molecule has 0 saturated heterocycles. The van der Waals surface area contributed by atoms with Gasteiger partial charge in [0.05, 0.1) is 12.9 Å². The summed E-state index contributed by atoms with van der Waals surface area (Å²) in [6.45, 7) is 6.46. The van der Waals surface area contributed by atoms with Gasteiger partial charge in [0, 0.05) is 17.8 Å². The maximum Gasteiger partial charge on any atom is 0.191 e. The molecule has 0 fully saturated rings. The number of methoxy groups -OCH3 is 1. The molecule has 1 aromatic heterocycles. The number of rotatable bonds is 8. The Bertz CT molecular complexity index is 874. The van der Waals surface area contributed by atoms with Gasteiger partial charge >= 0.3 is 0 Å². The van der Waals surface area contributed by atoms with Gasteiger partial charge < -0.3 is 15.0 Å². The molecule has 27 heavy (non-hydrogen) atoms. The number of thioether (sulfide) groups is 1. The van der Waals surface area contributed by atoms with E-state index in [0.29, 0.717) is 17.6 Å². The maximum atomic E-state index is 12.2. The molecule has 0 aliphatic carbocycles. The van der Waals surface area contributed by atoms with Crippen LogP contribution in [0.3, 0.4) is 0 Å². The third kappa shape index (κ3) is 5.11. The normalized spacial score (nSPS) is 11.9. The van der Waals surface area contributed by atoms with Crippen molar-refractivity contribution in [3.05, 3.63) is 35.5 Å². The quantitative estimate of drug-likeness (QED) is 0.423. The van der Waals surface area contributed by atoms with E-state index in [4.69, 9.17) is 15.7 Å². The molecule has 1 aromatic carbocycles. The first-order valence-corrected chi connectivity index (χ1v) is 9.46. The fourth-order valence-corrected chi connectivity index (χ4v) is 3.27. The number of nitriles is 1. The smallest absolute Gasteiger partial charge is 0.191 e. The number of allylic oxidation sites excluding steroid dienone is 2. The summed E-state index contributed by atoms with van der Waals surface area (Å²) < 4.78 is 7.19. The number of nitrogens with two attached hydrogens (primary N) is 1. The Hall–Kier alpha value is -2.79. The van der Waals surface area contributed by atoms with Crippen molar-refractivity contribution in [2.24, 2.45) is 11.7 Å². The van der Waals surface area contributed by atoms with Gasteiger partial charge in [-0.3, -0.25) is 4.79 Å². The van der Waals surface area contributed by atoms with Gasteiger partial charge in [-0.1, -0.05) is 25.6 Å². The van der Waals surface area contributed by atoms with E-state index in [1.165, 1.54) is 11.8 Å². The molecule has 0 spiro atoms. The molecule has 0 atom stereocenters. The number of aromatic nitrogens is 3. The number of nitrogens with zero attached hydrogens (tertiary/aromatic N) is 4. The molecule has 0 aliphatic heterocycles. The minimum Gasteiger partial charge on any atom is -0.497 e. The van der Waals surface area contributed by atoms with Crippen molar-refractivity contribution >= 4 is 17.5 Å². The lowest BCUT2D eigenvalue weighted by atomic mass is 10.2. The third-order valence-corrected chi connectivity index (χ3v) is 4.70. The van der Waals surface area contributed by atoms with E-state index in [9.17, 15) is 4.79 Å². The number of carbonyl (C=O) groups excluding carboxylic acids is 1. The molecule has 7 nitrogen and oxygen atoms in total. The van der Waals surface area contributed by atoms with E-state index >= 15 is 0 Å². The Balaban J connectivity index is 2.29. The van der Waals surface area contributed by atoms with Crippen molar-refractivity contribution in [3.63, 3.8) is 0 Å². The highest BCUT2D eigenvalue weighted by Crippen LogP contribution is 2.27. The second kappa shape index (κ2) is 9.24. The van der Waals surface area contributed by atoms with Crippen LogP contribution in [0.5, 0.6) is 5.75 Å². The van der Waals surface area contributed by atoms with Gasteiger partial charge in [-0.2, -0.15) is 5.26 Å². The number of Topliss-reactive ketones (excluding diaryl/α,β-unsaturated/α-hetero) is 1. The van der Waals surface area contributed by atoms with Gasteiger partial charge in [-0.15, -0.1) is 10.2 Å². The molecule has 0 bridgehead atoms. The predicted molar refractivity (Wildman–Crippen MR) is 105 cm³/mol. The van der Waals surface area contributed by atoms with Crippen molar-refractivity contribution in [1.29, 1.82) is 5.26 Å². The molecular weight excluding hydrogens is 362 g/mol. The minimum atomic E-state index is -0.312. The zero-order valence-electron chi connectivity index (χ0n) is 15.9. The minimum absolute atomic E-state index is 0.00666. The van der Waals surface area contributed by atoms with Crippen LogP contribution in [0.25, 0.3) is 11.4 Å². The van der Waals surface area contributed by atoms with Crippen molar-refractivity contribution in [3.8, 4) is 23.2 Å². The summed E-state index contributed by atoms with van der Waals surface area (Å²) in [5.74, 6) is 1.63. The Morgan fingerprint density at radius 1 is 1.33 bits per heavy atom. The van der Waals surface area contributed by atoms with Crippen molar-refractivity contribution in [2.45, 2.75) is 32.5 Å². The van der Waals surface area contributed by atoms with Gasteiger partial charge in [0.15, 0.2) is 16.8 Å². The van der Waals surface area contributed by atoms with Gasteiger partial charge in [0.1, 0.15) is 17.4 Å². The second-order valence-corrected chi connectivity index (χ2v) is 7.36. The van der Waals surface area contributed by atoms with Crippen LogP contribution in [-0.2, 0) is 11.3 Å². The highest BCUT2D eigenvalue weighted by atomic mass is 32.2. The average Bonchev–Trinajstić information content (AvgIpc) is 3.02. The summed E-state index contributed by atoms with van der Waals surface area (Å²) in [4.78, 5) is 12.2. The number of benzene rings is 1. The summed E-state index contributed by atoms with van der Waals surface area (Å²) >= 11 is 1.26. The van der Waals surface area contributed by atoms with Crippen LogP contribution in [0.2, 0.25) is 0 Å². The summed E-state index contributed by atoms with van der Waals surface area (Å²) in [6.07, 6.45) is 0. The van der Waals surface area contributed by atoms with E-state index in [2.05, 4.69) is 24.0 Å². The largest absolute Gasteiger partial charge is 0.497 e. The molecule has 0 radical (unpaired) electrons. The average molecular weight is 385 g/mol. The van der Waals surface area contributed by atoms with Gasteiger partial charge in [-0.05, 0) is 37.1 Å². The second-order valence-electron chi connectivity index (χ2n) is 6.42. The van der Waals surface area contributed by atoms with Crippen molar-refractivity contribution in [1.82, 2.24) is 14.8 Å². The molecule has 142 valence electrons. The van der Waals surface area contributed by atoms with Crippen LogP contribution in [0.4, 0.5) is 0 Å². The standard InChI is InChI=1S/C19H23N5O2S/c1-12(2)10-24-18(14-5-7-15(26-4)8-6-14)22-23-19(24)27-11-17(25)16(9-20)13(3)21/h5-8,12H,10-11,21H2,1-4H3/b16-13+. The Kier molecular flexibility index (Phi) is 7.02. The highest BCUT2D eigenvalue weighted by molar-refractivity contribution is 7.99. The molecular formula is C19H23N5O2S. The zero-order chi connectivity index (χ0) is 20.0. The van der Waals surface area contributed by atoms with E-state index < -0.39 is 0 Å². The first-order valence-electron chi connectivity index (χ1n) is 8.47. The molecule has 1 heterocycles. The first kappa shape index (κ1) is 20.5.